The van der Waals surface area contributed by atoms with Gasteiger partial charge in [-0.2, -0.15) is 0 Å². The molecule has 0 radical (unpaired) electrons. The van der Waals surface area contributed by atoms with Gasteiger partial charge in [0.15, 0.2) is 5.96 Å². The third kappa shape index (κ3) is 9.58. The summed E-state index contributed by atoms with van der Waals surface area (Å²) in [6.45, 7) is 1.44. The van der Waals surface area contributed by atoms with E-state index in [4.69, 9.17) is 27.7 Å². The van der Waals surface area contributed by atoms with Crippen molar-refractivity contribution in [2.24, 2.45) is 27.9 Å². The summed E-state index contributed by atoms with van der Waals surface area (Å²) in [7, 11) is 0. The van der Waals surface area contributed by atoms with E-state index in [1.54, 1.807) is 0 Å². The van der Waals surface area contributed by atoms with Crippen molar-refractivity contribution in [3.63, 3.8) is 0 Å². The van der Waals surface area contributed by atoms with Gasteiger partial charge in [-0.15, -0.1) is 0 Å². The predicted octanol–water partition coefficient (Wildman–Crippen LogP) is -1.35. The Balaban J connectivity index is 3.57. The van der Waals surface area contributed by atoms with E-state index >= 15 is 0 Å². The number of aliphatic imine (C=N–C) groups is 1. The van der Waals surface area contributed by atoms with Crippen LogP contribution in [0.1, 0.15) is 25.7 Å². The first-order chi connectivity index (χ1) is 8.07. The number of hydrogen-bond acceptors (Lipinski definition) is 5. The van der Waals surface area contributed by atoms with Gasteiger partial charge in [-0.25, -0.2) is 0 Å². The third-order valence-electron chi connectivity index (χ3n) is 2.11. The summed E-state index contributed by atoms with van der Waals surface area (Å²) in [5.74, 6) is -0.338. The molecular weight excluding hydrogens is 222 g/mol. The van der Waals surface area contributed by atoms with E-state index in [0.717, 1.165) is 12.8 Å². The van der Waals surface area contributed by atoms with Gasteiger partial charge in [0.05, 0.1) is 6.61 Å². The highest BCUT2D eigenvalue weighted by atomic mass is 16.5. The maximum Gasteiger partial charge on any atom is 0.322 e. The number of nitrogens with two attached hydrogens (primary N) is 4. The number of esters is 1. The lowest BCUT2D eigenvalue weighted by atomic mass is 10.2. The Bertz CT molecular complexity index is 241. The van der Waals surface area contributed by atoms with Crippen LogP contribution >= 0.6 is 0 Å². The van der Waals surface area contributed by atoms with Crippen LogP contribution in [0.15, 0.2) is 4.99 Å². The van der Waals surface area contributed by atoms with Crippen molar-refractivity contribution in [1.82, 2.24) is 0 Å². The number of carbonyl (C=O) groups is 1. The quantitative estimate of drug-likeness (QED) is 0.171. The second-order valence-corrected chi connectivity index (χ2v) is 3.72. The molecule has 100 valence electrons. The van der Waals surface area contributed by atoms with Crippen molar-refractivity contribution < 1.29 is 9.53 Å². The molecule has 17 heavy (non-hydrogen) atoms. The van der Waals surface area contributed by atoms with E-state index in [-0.39, 0.29) is 11.9 Å². The molecule has 7 nitrogen and oxygen atoms in total. The van der Waals surface area contributed by atoms with Crippen molar-refractivity contribution in [3.05, 3.63) is 0 Å². The lowest BCUT2D eigenvalue weighted by molar-refractivity contribution is -0.145. The summed E-state index contributed by atoms with van der Waals surface area (Å²) in [6, 6.07) is -0.609. The Morgan fingerprint density at radius 3 is 2.53 bits per heavy atom. The van der Waals surface area contributed by atoms with Gasteiger partial charge in [-0.1, -0.05) is 0 Å². The molecule has 7 heteroatoms. The lowest BCUT2D eigenvalue weighted by Gasteiger charge is -2.10. The number of hydrogen-bond donors (Lipinski definition) is 4. The normalized spacial score (nSPS) is 11.9. The molecule has 0 rings (SSSR count). The van der Waals surface area contributed by atoms with Gasteiger partial charge in [-0.3, -0.25) is 9.79 Å². The number of unbranched alkanes of at least 4 members (excludes halogenated alkanes) is 1. The van der Waals surface area contributed by atoms with Crippen LogP contribution < -0.4 is 22.9 Å². The molecule has 0 saturated carbocycles. The highest BCUT2D eigenvalue weighted by Gasteiger charge is 2.13. The van der Waals surface area contributed by atoms with E-state index in [2.05, 4.69) is 4.99 Å². The summed E-state index contributed by atoms with van der Waals surface area (Å²) in [4.78, 5) is 15.2. The lowest BCUT2D eigenvalue weighted by Crippen LogP contribution is -2.32. The molecule has 0 fully saturated rings. The van der Waals surface area contributed by atoms with Gasteiger partial charge in [0.25, 0.3) is 0 Å². The van der Waals surface area contributed by atoms with Crippen LogP contribution in [0.3, 0.4) is 0 Å². The van der Waals surface area contributed by atoms with Gasteiger partial charge in [0.2, 0.25) is 0 Å². The van der Waals surface area contributed by atoms with Crippen LogP contribution in [-0.2, 0) is 9.53 Å². The minimum absolute atomic E-state index is 0.0444. The molecule has 0 unspecified atom stereocenters. The smallest absolute Gasteiger partial charge is 0.322 e. The fourth-order valence-corrected chi connectivity index (χ4v) is 1.16. The molecule has 0 aromatic carbocycles. The summed E-state index contributed by atoms with van der Waals surface area (Å²) in [5, 5.41) is 0. The predicted molar refractivity (Wildman–Crippen MR) is 67.1 cm³/mol. The van der Waals surface area contributed by atoms with Crippen molar-refractivity contribution in [2.45, 2.75) is 31.7 Å². The molecule has 0 amide bonds. The van der Waals surface area contributed by atoms with Crippen molar-refractivity contribution in [1.29, 1.82) is 0 Å². The summed E-state index contributed by atoms with van der Waals surface area (Å²) >= 11 is 0. The number of ether oxygens (including phenoxy) is 1. The van der Waals surface area contributed by atoms with Gasteiger partial charge in [0.1, 0.15) is 6.04 Å². The van der Waals surface area contributed by atoms with E-state index in [1.807, 2.05) is 0 Å². The Hall–Kier alpha value is -1.34. The SMILES string of the molecule is NCCCCOC(=O)[C@@H](N)CCCN=C(N)N. The first kappa shape index (κ1) is 15.7. The highest BCUT2D eigenvalue weighted by Crippen LogP contribution is 1.99. The van der Waals surface area contributed by atoms with Crippen molar-refractivity contribution in [2.75, 3.05) is 19.7 Å². The Labute approximate surface area is 102 Å². The molecule has 0 aliphatic rings. The fraction of sp³-hybridized carbons (Fsp3) is 0.800. The van der Waals surface area contributed by atoms with Gasteiger partial charge in [0, 0.05) is 6.54 Å². The first-order valence-electron chi connectivity index (χ1n) is 5.75. The largest absolute Gasteiger partial charge is 0.465 e. The Kier molecular flexibility index (Phi) is 9.08. The second kappa shape index (κ2) is 9.86. The third-order valence-corrected chi connectivity index (χ3v) is 2.11. The molecule has 1 atom stereocenters. The minimum Gasteiger partial charge on any atom is -0.465 e. The van der Waals surface area contributed by atoms with Crippen LogP contribution in [0.25, 0.3) is 0 Å². The molecular formula is C10H23N5O2. The zero-order chi connectivity index (χ0) is 13.1. The molecule has 0 aromatic heterocycles. The molecule has 0 bridgehead atoms. The van der Waals surface area contributed by atoms with Gasteiger partial charge in [-0.05, 0) is 32.2 Å². The van der Waals surface area contributed by atoms with Crippen molar-refractivity contribution in [3.8, 4) is 0 Å². The first-order valence-corrected chi connectivity index (χ1v) is 5.75. The molecule has 0 saturated heterocycles. The van der Waals surface area contributed by atoms with Crippen LogP contribution in [0.5, 0.6) is 0 Å². The summed E-state index contributed by atoms with van der Waals surface area (Å²) in [5.41, 5.74) is 21.3. The van der Waals surface area contributed by atoms with E-state index in [1.165, 1.54) is 0 Å². The van der Waals surface area contributed by atoms with E-state index in [0.29, 0.717) is 32.5 Å². The molecule has 0 aromatic rings. The van der Waals surface area contributed by atoms with Crippen molar-refractivity contribution >= 4 is 11.9 Å². The molecule has 0 aliphatic carbocycles. The molecule has 0 aliphatic heterocycles. The molecule has 0 spiro atoms. The van der Waals surface area contributed by atoms with Crippen LogP contribution in [0.4, 0.5) is 0 Å². The van der Waals surface area contributed by atoms with E-state index < -0.39 is 6.04 Å². The second-order valence-electron chi connectivity index (χ2n) is 3.72. The number of nitrogens with zero attached hydrogens (tertiary/aromatic N) is 1. The zero-order valence-corrected chi connectivity index (χ0v) is 10.1. The Morgan fingerprint density at radius 2 is 1.94 bits per heavy atom. The zero-order valence-electron chi connectivity index (χ0n) is 10.1. The highest BCUT2D eigenvalue weighted by molar-refractivity contribution is 5.76. The van der Waals surface area contributed by atoms with Crippen LogP contribution in [-0.4, -0.2) is 37.7 Å². The summed E-state index contributed by atoms with van der Waals surface area (Å²) in [6.07, 6.45) is 2.76. The minimum atomic E-state index is -0.609. The standard InChI is InChI=1S/C10H23N5O2/c11-5-1-2-7-17-9(16)8(12)4-3-6-15-10(13)14/h8H,1-7,11-12H2,(H4,13,14,15)/t8-/m0/s1. The molecule has 0 heterocycles. The van der Waals surface area contributed by atoms with Gasteiger partial charge < -0.3 is 27.7 Å². The maximum atomic E-state index is 11.4. The fourth-order valence-electron chi connectivity index (χ4n) is 1.16. The van der Waals surface area contributed by atoms with Crippen LogP contribution in [0.2, 0.25) is 0 Å². The topological polar surface area (TPSA) is 143 Å². The summed E-state index contributed by atoms with van der Waals surface area (Å²) < 4.78 is 4.98. The molecule has 8 N–H and O–H groups in total. The maximum absolute atomic E-state index is 11.4. The number of carbonyl (C=O) groups excluding carboxylic acids is 1. The Morgan fingerprint density at radius 1 is 1.24 bits per heavy atom. The monoisotopic (exact) mass is 245 g/mol. The van der Waals surface area contributed by atoms with Gasteiger partial charge >= 0.3 is 5.97 Å². The number of rotatable bonds is 9. The number of guanidine groups is 1. The van der Waals surface area contributed by atoms with Crippen LogP contribution in [0, 0.1) is 0 Å². The average molecular weight is 245 g/mol. The average Bonchev–Trinajstić information content (AvgIpc) is 2.29. The van der Waals surface area contributed by atoms with E-state index in [9.17, 15) is 4.79 Å².